The van der Waals surface area contributed by atoms with E-state index in [2.05, 4.69) is 22.0 Å². The lowest BCUT2D eigenvalue weighted by Crippen LogP contribution is -2.41. The highest BCUT2D eigenvalue weighted by atomic mass is 16.5. The first kappa shape index (κ1) is 20.7. The molecule has 160 valence electrons. The summed E-state index contributed by atoms with van der Waals surface area (Å²) in [5, 5.41) is 0. The maximum absolute atomic E-state index is 13.4. The van der Waals surface area contributed by atoms with E-state index in [9.17, 15) is 4.79 Å². The summed E-state index contributed by atoms with van der Waals surface area (Å²) in [4.78, 5) is 20.3. The molecule has 1 saturated heterocycles. The van der Waals surface area contributed by atoms with Gasteiger partial charge in [0, 0.05) is 49.2 Å². The zero-order chi connectivity index (χ0) is 21.1. The second-order valence-electron chi connectivity index (χ2n) is 7.96. The zero-order valence-electron chi connectivity index (χ0n) is 18.0. The van der Waals surface area contributed by atoms with Crippen LogP contribution in [0.15, 0.2) is 47.7 Å². The number of aromatic nitrogens is 1. The molecule has 2 aliphatic carbocycles. The Kier molecular flexibility index (Phi) is 6.23. The highest BCUT2D eigenvalue weighted by Gasteiger charge is 2.48. The number of ketones is 1. The number of hydrogen-bond acceptors (Lipinski definition) is 6. The van der Waals surface area contributed by atoms with Crippen molar-refractivity contribution in [2.45, 2.75) is 19.8 Å². The van der Waals surface area contributed by atoms with E-state index in [1.54, 1.807) is 20.4 Å². The topological polar surface area (TPSA) is 60.9 Å². The van der Waals surface area contributed by atoms with Gasteiger partial charge < -0.3 is 19.1 Å². The Morgan fingerprint density at radius 1 is 1.27 bits per heavy atom. The van der Waals surface area contributed by atoms with Gasteiger partial charge in [0.2, 0.25) is 0 Å². The first-order chi connectivity index (χ1) is 14.7. The van der Waals surface area contributed by atoms with Crippen molar-refractivity contribution in [3.63, 3.8) is 0 Å². The fourth-order valence-corrected chi connectivity index (χ4v) is 4.97. The molecule has 6 nitrogen and oxygen atoms in total. The molecule has 0 bridgehead atoms. The number of pyridine rings is 1. The highest BCUT2D eigenvalue weighted by molar-refractivity contribution is 5.89. The van der Waals surface area contributed by atoms with Crippen molar-refractivity contribution in [2.75, 3.05) is 40.5 Å². The molecule has 2 heterocycles. The number of carbonyl (C=O) groups excluding carboxylic acids is 1. The van der Waals surface area contributed by atoms with Gasteiger partial charge in [0.05, 0.1) is 33.1 Å². The van der Waals surface area contributed by atoms with Crippen LogP contribution in [0, 0.1) is 17.8 Å². The third kappa shape index (κ3) is 3.76. The summed E-state index contributed by atoms with van der Waals surface area (Å²) in [5.41, 5.74) is 3.15. The van der Waals surface area contributed by atoms with E-state index < -0.39 is 0 Å². The van der Waals surface area contributed by atoms with E-state index in [1.807, 2.05) is 25.1 Å². The van der Waals surface area contributed by atoms with Crippen molar-refractivity contribution in [1.29, 1.82) is 0 Å². The molecular weight excluding hydrogens is 380 g/mol. The maximum atomic E-state index is 13.4. The number of allylic oxidation sites excluding steroid dienone is 3. The summed E-state index contributed by atoms with van der Waals surface area (Å²) in [7, 11) is 3.31. The number of rotatable bonds is 6. The van der Waals surface area contributed by atoms with Gasteiger partial charge in [0.25, 0.3) is 0 Å². The number of Topliss-reactive ketones (excluding diaryl/α,β-unsaturated/α-hetero) is 1. The molecule has 1 saturated carbocycles. The van der Waals surface area contributed by atoms with Gasteiger partial charge in [-0.05, 0) is 31.1 Å². The number of fused-ring (bicyclic) bond motifs is 1. The van der Waals surface area contributed by atoms with Gasteiger partial charge in [0.15, 0.2) is 11.5 Å². The summed E-state index contributed by atoms with van der Waals surface area (Å²) in [6.07, 6.45) is 9.28. The lowest BCUT2D eigenvalue weighted by atomic mass is 9.85. The summed E-state index contributed by atoms with van der Waals surface area (Å²) < 4.78 is 17.0. The number of ether oxygens (including phenoxy) is 3. The van der Waals surface area contributed by atoms with Crippen LogP contribution in [-0.2, 0) is 25.4 Å². The molecule has 0 spiro atoms. The van der Waals surface area contributed by atoms with Crippen LogP contribution in [-0.4, -0.2) is 56.2 Å². The Bertz CT molecular complexity index is 883. The predicted octanol–water partition coefficient (Wildman–Crippen LogP) is 3.21. The molecule has 1 aromatic heterocycles. The minimum Gasteiger partial charge on any atom is -0.493 e. The largest absolute Gasteiger partial charge is 0.493 e. The smallest absolute Gasteiger partial charge is 0.179 e. The van der Waals surface area contributed by atoms with Crippen LogP contribution >= 0.6 is 0 Å². The fourth-order valence-electron chi connectivity index (χ4n) is 4.97. The van der Waals surface area contributed by atoms with Gasteiger partial charge >= 0.3 is 0 Å². The summed E-state index contributed by atoms with van der Waals surface area (Å²) in [6.45, 7) is 4.96. The Hall–Kier alpha value is -2.60. The Morgan fingerprint density at radius 2 is 2.07 bits per heavy atom. The Balaban J connectivity index is 1.66. The number of carbonyl (C=O) groups is 1. The van der Waals surface area contributed by atoms with Crippen LogP contribution < -0.4 is 0 Å². The summed E-state index contributed by atoms with van der Waals surface area (Å²) in [5.74, 6) is 1.52. The number of morpholine rings is 1. The second-order valence-corrected chi connectivity index (χ2v) is 7.96. The molecule has 0 aromatic carbocycles. The van der Waals surface area contributed by atoms with Crippen LogP contribution in [0.5, 0.6) is 0 Å². The van der Waals surface area contributed by atoms with Crippen molar-refractivity contribution < 1.29 is 19.0 Å². The number of nitrogens with zero attached hydrogens (tertiary/aromatic N) is 2. The maximum Gasteiger partial charge on any atom is 0.179 e. The molecule has 0 amide bonds. The van der Waals surface area contributed by atoms with Crippen LogP contribution in [0.1, 0.15) is 24.6 Å². The highest BCUT2D eigenvalue weighted by Crippen LogP contribution is 2.47. The zero-order valence-corrected chi connectivity index (χ0v) is 18.0. The number of hydrogen-bond donors (Lipinski definition) is 0. The van der Waals surface area contributed by atoms with E-state index in [0.29, 0.717) is 25.4 Å². The lowest BCUT2D eigenvalue weighted by molar-refractivity contribution is -0.123. The van der Waals surface area contributed by atoms with Gasteiger partial charge in [-0.3, -0.25) is 9.78 Å². The molecule has 2 fully saturated rings. The molecule has 1 aromatic rings. The number of methoxy groups -OCH3 is 2. The molecule has 1 aliphatic heterocycles. The molecular formula is C24H30N2O4. The van der Waals surface area contributed by atoms with Gasteiger partial charge in [-0.15, -0.1) is 0 Å². The van der Waals surface area contributed by atoms with Crippen molar-refractivity contribution in [3.8, 4) is 0 Å². The van der Waals surface area contributed by atoms with Crippen LogP contribution in [0.25, 0.3) is 6.08 Å². The van der Waals surface area contributed by atoms with Gasteiger partial charge in [-0.25, -0.2) is 0 Å². The lowest BCUT2D eigenvalue weighted by Gasteiger charge is -2.38. The molecule has 2 unspecified atom stereocenters. The fraction of sp³-hybridized carbons (Fsp3) is 0.500. The molecule has 3 atom stereocenters. The van der Waals surface area contributed by atoms with Crippen LogP contribution in [0.4, 0.5) is 0 Å². The first-order valence-electron chi connectivity index (χ1n) is 10.6. The molecule has 3 aliphatic rings. The van der Waals surface area contributed by atoms with Gasteiger partial charge in [-0.2, -0.15) is 0 Å². The third-order valence-electron chi connectivity index (χ3n) is 6.33. The molecule has 4 rings (SSSR count). The van der Waals surface area contributed by atoms with E-state index >= 15 is 0 Å². The van der Waals surface area contributed by atoms with E-state index in [4.69, 9.17) is 14.2 Å². The van der Waals surface area contributed by atoms with Crippen molar-refractivity contribution in [2.24, 2.45) is 17.8 Å². The summed E-state index contributed by atoms with van der Waals surface area (Å²) >= 11 is 0. The third-order valence-corrected chi connectivity index (χ3v) is 6.33. The quantitative estimate of drug-likeness (QED) is 0.718. The standard InChI is InChI=1S/C24H30N2O4/c1-4-6-16-7-5-8-25-20(16)14-17-13-18-19(23(17)27)15-21(28-2)24(29-3)22(18)26-9-11-30-12-10-26/h4-8,15,17-19H,9-14H2,1-3H3/b6-4+/t17?,18?,19-/m0/s1. The molecule has 0 N–H and O–H groups in total. The Labute approximate surface area is 178 Å². The van der Waals surface area contributed by atoms with E-state index in [0.717, 1.165) is 42.2 Å². The Morgan fingerprint density at radius 3 is 2.77 bits per heavy atom. The SMILES string of the molecule is C/C=C/c1cccnc1CC1CC2C(N3CCOCC3)=C(OC)C(OC)=C[C@@H]2C1=O. The minimum atomic E-state index is -0.185. The van der Waals surface area contributed by atoms with Crippen molar-refractivity contribution >= 4 is 11.9 Å². The molecule has 6 heteroatoms. The predicted molar refractivity (Wildman–Crippen MR) is 114 cm³/mol. The van der Waals surface area contributed by atoms with Crippen molar-refractivity contribution in [3.05, 3.63) is 59.0 Å². The normalized spacial score (nSPS) is 26.8. The van der Waals surface area contributed by atoms with E-state index in [-0.39, 0.29) is 23.5 Å². The molecule has 30 heavy (non-hydrogen) atoms. The average molecular weight is 411 g/mol. The average Bonchev–Trinajstić information content (AvgIpc) is 3.09. The first-order valence-corrected chi connectivity index (χ1v) is 10.6. The van der Waals surface area contributed by atoms with Crippen LogP contribution in [0.2, 0.25) is 0 Å². The van der Waals surface area contributed by atoms with Crippen LogP contribution in [0.3, 0.4) is 0 Å². The molecule has 0 radical (unpaired) electrons. The van der Waals surface area contributed by atoms with Crippen molar-refractivity contribution in [1.82, 2.24) is 9.88 Å². The minimum absolute atomic E-state index is 0.0690. The second kappa shape index (κ2) is 9.04. The summed E-state index contributed by atoms with van der Waals surface area (Å²) in [6, 6.07) is 3.99. The van der Waals surface area contributed by atoms with Gasteiger partial charge in [0.1, 0.15) is 5.78 Å². The van der Waals surface area contributed by atoms with E-state index in [1.165, 1.54) is 0 Å². The van der Waals surface area contributed by atoms with Gasteiger partial charge in [-0.1, -0.05) is 18.2 Å². The monoisotopic (exact) mass is 410 g/mol.